The minimum Gasteiger partial charge on any atom is -0.490 e. The van der Waals surface area contributed by atoms with Crippen LogP contribution in [-0.2, 0) is 0 Å². The van der Waals surface area contributed by atoms with E-state index in [0.717, 1.165) is 84.7 Å². The highest BCUT2D eigenvalue weighted by Gasteiger charge is 2.20. The number of ether oxygens (including phenoxy) is 2. The minimum absolute atomic E-state index is 0.206. The zero-order chi connectivity index (χ0) is 39.7. The standard InChI is InChI=1S/C22H24BrF2N3O.C21H22Cl2FN3O/c23-16-14-18(24)22(19(25)15-16)29-13-2-1-8-27-9-11-28(12-10-27)21-5-3-4-20-17(21)6-7-26-20;22-17-13-15(24)14-18(23)21(17)28-12-2-7-26-8-10-27(11-9-26)20-4-1-3-19-16(20)5-6-25-19/h3-7,14-15,26H,1-2,8-13H2;1,3-6,13-14,25H,2,7-12H2. The summed E-state index contributed by atoms with van der Waals surface area (Å²) in [5.41, 5.74) is 4.93. The summed E-state index contributed by atoms with van der Waals surface area (Å²) in [5, 5.41) is 2.96. The fourth-order valence-corrected chi connectivity index (χ4v) is 8.49. The van der Waals surface area contributed by atoms with Gasteiger partial charge in [-0.05, 0) is 86.5 Å². The summed E-state index contributed by atoms with van der Waals surface area (Å²) in [6.07, 6.45) is 6.53. The molecule has 302 valence electrons. The van der Waals surface area contributed by atoms with E-state index in [9.17, 15) is 13.2 Å². The molecule has 0 amide bonds. The quantitative estimate of drug-likeness (QED) is 0.113. The van der Waals surface area contributed by atoms with Gasteiger partial charge in [-0.3, -0.25) is 9.80 Å². The summed E-state index contributed by atoms with van der Waals surface area (Å²) < 4.78 is 52.1. The summed E-state index contributed by atoms with van der Waals surface area (Å²) in [5.74, 6) is -1.75. The number of benzene rings is 4. The van der Waals surface area contributed by atoms with E-state index < -0.39 is 17.5 Å². The molecular formula is C43H46BrCl2F3N6O2. The fraction of sp³-hybridized carbons (Fsp3) is 0.349. The van der Waals surface area contributed by atoms with Crippen LogP contribution in [0.15, 0.2) is 89.7 Å². The van der Waals surface area contributed by atoms with Gasteiger partial charge in [0.25, 0.3) is 0 Å². The van der Waals surface area contributed by atoms with Crippen LogP contribution in [-0.4, -0.2) is 98.4 Å². The molecule has 0 bridgehead atoms. The number of nitrogens with zero attached hydrogens (tertiary/aromatic N) is 4. The van der Waals surface area contributed by atoms with E-state index >= 15 is 0 Å². The van der Waals surface area contributed by atoms with E-state index in [1.165, 1.54) is 57.4 Å². The number of H-pyrrole nitrogens is 2. The van der Waals surface area contributed by atoms with Gasteiger partial charge < -0.3 is 29.2 Å². The van der Waals surface area contributed by atoms with Crippen LogP contribution in [0.4, 0.5) is 24.5 Å². The number of piperazine rings is 2. The van der Waals surface area contributed by atoms with Crippen LogP contribution in [0.5, 0.6) is 11.5 Å². The third kappa shape index (κ3) is 10.5. The number of fused-ring (bicyclic) bond motifs is 2. The van der Waals surface area contributed by atoms with Crippen molar-refractivity contribution in [3.05, 3.63) is 117 Å². The van der Waals surface area contributed by atoms with Gasteiger partial charge >= 0.3 is 0 Å². The highest BCUT2D eigenvalue weighted by atomic mass is 79.9. The molecule has 0 aliphatic carbocycles. The van der Waals surface area contributed by atoms with E-state index in [0.29, 0.717) is 23.4 Å². The number of halogens is 6. The number of hydrogen-bond donors (Lipinski definition) is 2. The molecule has 2 saturated heterocycles. The molecule has 0 radical (unpaired) electrons. The number of anilines is 2. The number of rotatable bonds is 13. The van der Waals surface area contributed by atoms with Crippen molar-refractivity contribution in [1.29, 1.82) is 0 Å². The molecule has 2 fully saturated rings. The molecule has 2 aromatic heterocycles. The van der Waals surface area contributed by atoms with Crippen molar-refractivity contribution < 1.29 is 22.6 Å². The summed E-state index contributed by atoms with van der Waals surface area (Å²) in [6, 6.07) is 21.9. The third-order valence-corrected chi connectivity index (χ3v) is 11.5. The van der Waals surface area contributed by atoms with Gasteiger partial charge in [-0.2, -0.15) is 0 Å². The van der Waals surface area contributed by atoms with E-state index in [-0.39, 0.29) is 15.8 Å². The van der Waals surface area contributed by atoms with E-state index in [2.05, 4.69) is 94.0 Å². The topological polar surface area (TPSA) is 63.0 Å². The van der Waals surface area contributed by atoms with Crippen molar-refractivity contribution in [1.82, 2.24) is 19.8 Å². The van der Waals surface area contributed by atoms with E-state index in [4.69, 9.17) is 32.7 Å². The molecule has 0 atom stereocenters. The molecular weight excluding hydrogens is 840 g/mol. The van der Waals surface area contributed by atoms with E-state index in [1.54, 1.807) is 0 Å². The monoisotopic (exact) mass is 884 g/mol. The van der Waals surface area contributed by atoms with Gasteiger partial charge in [0.05, 0.1) is 23.3 Å². The first-order chi connectivity index (χ1) is 27.7. The van der Waals surface area contributed by atoms with Crippen molar-refractivity contribution in [3.8, 4) is 11.5 Å². The number of nitrogens with one attached hydrogen (secondary N) is 2. The van der Waals surface area contributed by atoms with Gasteiger partial charge in [0, 0.05) is 109 Å². The highest BCUT2D eigenvalue weighted by Crippen LogP contribution is 2.34. The molecule has 14 heteroatoms. The predicted molar refractivity (Wildman–Crippen MR) is 229 cm³/mol. The lowest BCUT2D eigenvalue weighted by Gasteiger charge is -2.36. The van der Waals surface area contributed by atoms with Gasteiger partial charge in [-0.25, -0.2) is 13.2 Å². The lowest BCUT2D eigenvalue weighted by molar-refractivity contribution is 0.225. The van der Waals surface area contributed by atoms with Crippen LogP contribution < -0.4 is 19.3 Å². The molecule has 4 aromatic carbocycles. The second-order valence-electron chi connectivity index (χ2n) is 14.2. The Bertz CT molecular complexity index is 2190. The van der Waals surface area contributed by atoms with Crippen LogP contribution in [0.1, 0.15) is 19.3 Å². The number of aromatic amines is 2. The van der Waals surface area contributed by atoms with Crippen molar-refractivity contribution in [2.75, 3.05) is 88.5 Å². The molecule has 6 aromatic rings. The Morgan fingerprint density at radius 2 is 1.05 bits per heavy atom. The zero-order valence-corrected chi connectivity index (χ0v) is 34.7. The van der Waals surface area contributed by atoms with Gasteiger partial charge in [-0.1, -0.05) is 51.3 Å². The Balaban J connectivity index is 0.000000174. The molecule has 8 rings (SSSR count). The molecule has 0 spiro atoms. The zero-order valence-electron chi connectivity index (χ0n) is 31.6. The van der Waals surface area contributed by atoms with Crippen molar-refractivity contribution in [2.24, 2.45) is 0 Å². The van der Waals surface area contributed by atoms with Gasteiger partial charge in [-0.15, -0.1) is 0 Å². The maximum atomic E-state index is 13.8. The summed E-state index contributed by atoms with van der Waals surface area (Å²) in [7, 11) is 0. The normalized spacial score (nSPS) is 15.3. The second-order valence-corrected chi connectivity index (χ2v) is 16.0. The number of aromatic nitrogens is 2. The van der Waals surface area contributed by atoms with Crippen molar-refractivity contribution in [2.45, 2.75) is 19.3 Å². The van der Waals surface area contributed by atoms with E-state index in [1.807, 2.05) is 12.4 Å². The Hall–Kier alpha value is -4.07. The molecule has 2 aliphatic heterocycles. The first-order valence-corrected chi connectivity index (χ1v) is 20.9. The maximum absolute atomic E-state index is 13.8. The Labute approximate surface area is 349 Å². The number of unbranched alkanes of at least 4 members (excludes halogenated alkanes) is 1. The van der Waals surface area contributed by atoms with Gasteiger partial charge in [0.15, 0.2) is 23.1 Å². The van der Waals surface area contributed by atoms with Gasteiger partial charge in [0.1, 0.15) is 5.82 Å². The Kier molecular flexibility index (Phi) is 14.1. The average Bonchev–Trinajstić information content (AvgIpc) is 3.89. The molecule has 2 N–H and O–H groups in total. The van der Waals surface area contributed by atoms with Crippen LogP contribution in [0.2, 0.25) is 10.0 Å². The first kappa shape index (κ1) is 41.1. The summed E-state index contributed by atoms with van der Waals surface area (Å²) >= 11 is 15.1. The van der Waals surface area contributed by atoms with Crippen LogP contribution >= 0.6 is 39.1 Å². The molecule has 57 heavy (non-hydrogen) atoms. The fourth-order valence-electron chi connectivity index (χ4n) is 7.52. The van der Waals surface area contributed by atoms with Crippen LogP contribution in [0.3, 0.4) is 0 Å². The van der Waals surface area contributed by atoms with Crippen molar-refractivity contribution >= 4 is 72.3 Å². The summed E-state index contributed by atoms with van der Waals surface area (Å²) in [6.45, 7) is 10.8. The largest absolute Gasteiger partial charge is 0.490 e. The Morgan fingerprint density at radius 1 is 0.579 bits per heavy atom. The van der Waals surface area contributed by atoms with Gasteiger partial charge in [0.2, 0.25) is 0 Å². The number of hydrogen-bond acceptors (Lipinski definition) is 6. The molecule has 0 unspecified atom stereocenters. The average molecular weight is 887 g/mol. The minimum atomic E-state index is -0.676. The van der Waals surface area contributed by atoms with Crippen molar-refractivity contribution in [3.63, 3.8) is 0 Å². The molecule has 0 saturated carbocycles. The second kappa shape index (κ2) is 19.6. The maximum Gasteiger partial charge on any atom is 0.190 e. The lowest BCUT2D eigenvalue weighted by Crippen LogP contribution is -2.46. The third-order valence-electron chi connectivity index (χ3n) is 10.5. The predicted octanol–water partition coefficient (Wildman–Crippen LogP) is 10.4. The first-order valence-electron chi connectivity index (χ1n) is 19.3. The highest BCUT2D eigenvalue weighted by molar-refractivity contribution is 9.10. The SMILES string of the molecule is Fc1cc(Br)cc(F)c1OCCCCN1CCN(c2cccc3[nH]ccc23)CC1.Fc1cc(Cl)c(OCCCN2CCN(c3cccc4[nH]ccc34)CC2)c(Cl)c1. The Morgan fingerprint density at radius 3 is 1.58 bits per heavy atom. The smallest absolute Gasteiger partial charge is 0.190 e. The summed E-state index contributed by atoms with van der Waals surface area (Å²) in [4.78, 5) is 16.3. The lowest BCUT2D eigenvalue weighted by atomic mass is 10.1. The molecule has 8 nitrogen and oxygen atoms in total. The van der Waals surface area contributed by atoms with Crippen LogP contribution in [0, 0.1) is 17.5 Å². The van der Waals surface area contributed by atoms with Crippen LogP contribution in [0.25, 0.3) is 21.8 Å². The molecule has 2 aliphatic rings. The molecule has 4 heterocycles.